The number of aliphatic hydroxyl groups is 5. The third-order valence-electron chi connectivity index (χ3n) is 7.70. The van der Waals surface area contributed by atoms with E-state index in [-0.39, 0.29) is 12.5 Å². The monoisotopic (exact) mass is 596 g/mol. The number of hydrogen-bond donors (Lipinski definition) is 7. The molecule has 3 rings (SSSR count). The van der Waals surface area contributed by atoms with Gasteiger partial charge < -0.3 is 69.3 Å². The summed E-state index contributed by atoms with van der Waals surface area (Å²) in [7, 11) is 2.75. The molecule has 0 aromatic carbocycles. The number of amides is 2. The molecule has 3 aliphatic heterocycles. The van der Waals surface area contributed by atoms with Gasteiger partial charge in [-0.2, -0.15) is 0 Å². The number of methoxy groups -OCH3 is 2. The maximum Gasteiger partial charge on any atom is 0.217 e. The fourth-order valence-corrected chi connectivity index (χ4v) is 5.53. The van der Waals surface area contributed by atoms with Crippen LogP contribution in [0.3, 0.4) is 0 Å². The molecule has 3 heterocycles. The van der Waals surface area contributed by atoms with E-state index in [1.54, 1.807) is 13.8 Å². The molecule has 0 aromatic heterocycles. The van der Waals surface area contributed by atoms with Crippen LogP contribution in [0.1, 0.15) is 27.7 Å². The molecule has 238 valence electrons. The molecular weight excluding hydrogens is 552 g/mol. The van der Waals surface area contributed by atoms with Crippen molar-refractivity contribution in [3.05, 3.63) is 0 Å². The first-order valence-electron chi connectivity index (χ1n) is 13.5. The Kier molecular flexibility index (Phi) is 12.2. The maximum atomic E-state index is 12.0. The van der Waals surface area contributed by atoms with Crippen molar-refractivity contribution < 1.29 is 68.3 Å². The zero-order chi connectivity index (χ0) is 30.6. The van der Waals surface area contributed by atoms with Crippen LogP contribution >= 0.6 is 0 Å². The van der Waals surface area contributed by atoms with Gasteiger partial charge >= 0.3 is 0 Å². The molecule has 8 unspecified atom stereocenters. The molecular formula is C25H44N2O14. The third kappa shape index (κ3) is 7.70. The molecule has 0 aromatic rings. The second-order valence-corrected chi connectivity index (χ2v) is 10.6. The minimum absolute atomic E-state index is 0.324. The number of carbonyl (C=O) groups excluding carboxylic acids is 2. The Morgan fingerprint density at radius 2 is 1.34 bits per heavy atom. The predicted molar refractivity (Wildman–Crippen MR) is 136 cm³/mol. The van der Waals surface area contributed by atoms with Gasteiger partial charge in [-0.15, -0.1) is 0 Å². The summed E-state index contributed by atoms with van der Waals surface area (Å²) in [5, 5.41) is 58.0. The van der Waals surface area contributed by atoms with Crippen molar-refractivity contribution in [2.45, 2.75) is 114 Å². The van der Waals surface area contributed by atoms with E-state index in [0.29, 0.717) is 0 Å². The van der Waals surface area contributed by atoms with Crippen LogP contribution in [0.4, 0.5) is 0 Å². The largest absolute Gasteiger partial charge is 0.394 e. The summed E-state index contributed by atoms with van der Waals surface area (Å²) >= 11 is 0. The molecule has 3 aliphatic rings. The lowest BCUT2D eigenvalue weighted by Gasteiger charge is -2.48. The van der Waals surface area contributed by atoms with Crippen LogP contribution in [0, 0.1) is 5.92 Å². The van der Waals surface area contributed by atoms with E-state index in [9.17, 15) is 35.1 Å². The predicted octanol–water partition coefficient (Wildman–Crippen LogP) is -3.67. The van der Waals surface area contributed by atoms with Crippen LogP contribution in [-0.2, 0) is 42.7 Å². The van der Waals surface area contributed by atoms with Gasteiger partial charge in [-0.25, -0.2) is 0 Å². The Labute approximate surface area is 238 Å². The first kappa shape index (κ1) is 34.0. The lowest BCUT2D eigenvalue weighted by Crippen LogP contribution is -2.69. The van der Waals surface area contributed by atoms with Crippen LogP contribution in [0.5, 0.6) is 0 Å². The zero-order valence-corrected chi connectivity index (χ0v) is 24.0. The molecule has 0 bridgehead atoms. The molecule has 3 saturated heterocycles. The average Bonchev–Trinajstić information content (AvgIpc) is 2.91. The van der Waals surface area contributed by atoms with Crippen LogP contribution in [0.15, 0.2) is 0 Å². The maximum absolute atomic E-state index is 12.0. The van der Waals surface area contributed by atoms with E-state index in [4.69, 9.17) is 33.2 Å². The minimum atomic E-state index is -1.67. The lowest BCUT2D eigenvalue weighted by molar-refractivity contribution is -0.340. The highest BCUT2D eigenvalue weighted by molar-refractivity contribution is 5.73. The molecule has 0 saturated carbocycles. The van der Waals surface area contributed by atoms with Crippen LogP contribution in [-0.4, -0.2) is 151 Å². The summed E-state index contributed by atoms with van der Waals surface area (Å²) in [6.07, 6.45) is -13.7. The van der Waals surface area contributed by atoms with Gasteiger partial charge in [-0.05, 0) is 6.92 Å². The van der Waals surface area contributed by atoms with Gasteiger partial charge in [0.1, 0.15) is 54.8 Å². The van der Waals surface area contributed by atoms with Gasteiger partial charge in [-0.3, -0.25) is 9.59 Å². The minimum Gasteiger partial charge on any atom is -0.394 e. The molecule has 41 heavy (non-hydrogen) atoms. The van der Waals surface area contributed by atoms with E-state index < -0.39 is 104 Å². The number of rotatable bonds is 10. The second kappa shape index (κ2) is 14.8. The summed E-state index contributed by atoms with van der Waals surface area (Å²) in [6, 6.07) is -2.53. The fourth-order valence-electron chi connectivity index (χ4n) is 5.53. The molecule has 15 atom stereocenters. The summed E-state index contributed by atoms with van der Waals surface area (Å²) < 4.78 is 40.1. The van der Waals surface area contributed by atoms with Crippen molar-refractivity contribution in [1.82, 2.24) is 10.6 Å². The van der Waals surface area contributed by atoms with Crippen molar-refractivity contribution >= 4 is 11.8 Å². The van der Waals surface area contributed by atoms with Gasteiger partial charge in [0.2, 0.25) is 11.8 Å². The van der Waals surface area contributed by atoms with Crippen LogP contribution in [0.25, 0.3) is 0 Å². The van der Waals surface area contributed by atoms with E-state index in [2.05, 4.69) is 10.6 Å². The van der Waals surface area contributed by atoms with Crippen molar-refractivity contribution in [2.75, 3.05) is 27.4 Å². The van der Waals surface area contributed by atoms with E-state index >= 15 is 0 Å². The molecule has 0 spiro atoms. The normalized spacial score (nSPS) is 45.2. The molecule has 2 amide bonds. The Bertz CT molecular complexity index is 868. The van der Waals surface area contributed by atoms with Crippen molar-refractivity contribution in [3.8, 4) is 0 Å². The molecule has 0 radical (unpaired) electrons. The van der Waals surface area contributed by atoms with Gasteiger partial charge in [0.05, 0.1) is 25.4 Å². The van der Waals surface area contributed by atoms with Gasteiger partial charge in [-0.1, -0.05) is 6.92 Å². The number of carbonyl (C=O) groups is 2. The Morgan fingerprint density at radius 1 is 0.756 bits per heavy atom. The van der Waals surface area contributed by atoms with Gasteiger partial charge in [0.25, 0.3) is 0 Å². The highest BCUT2D eigenvalue weighted by Gasteiger charge is 2.52. The van der Waals surface area contributed by atoms with Crippen molar-refractivity contribution in [1.29, 1.82) is 0 Å². The fraction of sp³-hybridized carbons (Fsp3) is 0.920. The van der Waals surface area contributed by atoms with E-state index in [0.717, 1.165) is 0 Å². The van der Waals surface area contributed by atoms with E-state index in [1.165, 1.54) is 28.1 Å². The summed E-state index contributed by atoms with van der Waals surface area (Å²) in [6.45, 7) is 4.98. The highest BCUT2D eigenvalue weighted by atomic mass is 16.7. The lowest BCUT2D eigenvalue weighted by atomic mass is 9.91. The number of ether oxygens (including phenoxy) is 7. The Morgan fingerprint density at radius 3 is 1.90 bits per heavy atom. The van der Waals surface area contributed by atoms with Crippen molar-refractivity contribution in [2.24, 2.45) is 5.92 Å². The third-order valence-corrected chi connectivity index (χ3v) is 7.70. The SMILES string of the molecule is CO[C@H]1[C@H](OCC2OC(O)[C@@H](NC(C)=O)[C@@H](O)C2OC2O[C@@H](CO)[C@@H](OC)C(O)C2NC(C)=O)OC(C)C(O)[C@@H]1C. The molecule has 16 heteroatoms. The van der Waals surface area contributed by atoms with Crippen LogP contribution in [0.2, 0.25) is 0 Å². The molecule has 0 aliphatic carbocycles. The Hall–Kier alpha value is -1.54. The average molecular weight is 597 g/mol. The summed E-state index contributed by atoms with van der Waals surface area (Å²) in [5.41, 5.74) is 0. The number of nitrogens with one attached hydrogen (secondary N) is 2. The van der Waals surface area contributed by atoms with Crippen LogP contribution < -0.4 is 10.6 Å². The first-order valence-corrected chi connectivity index (χ1v) is 13.5. The first-order chi connectivity index (χ1) is 19.3. The van der Waals surface area contributed by atoms with Crippen molar-refractivity contribution in [3.63, 3.8) is 0 Å². The van der Waals surface area contributed by atoms with Gasteiger partial charge in [0, 0.05) is 34.0 Å². The smallest absolute Gasteiger partial charge is 0.217 e. The quantitative estimate of drug-likeness (QED) is 0.129. The summed E-state index contributed by atoms with van der Waals surface area (Å²) in [4.78, 5) is 23.7. The topological polar surface area (TPSA) is 224 Å². The Balaban J connectivity index is 1.87. The molecule has 3 fully saturated rings. The highest BCUT2D eigenvalue weighted by Crippen LogP contribution is 2.32. The number of aliphatic hydroxyl groups excluding tert-OH is 5. The van der Waals surface area contributed by atoms with Gasteiger partial charge in [0.15, 0.2) is 18.9 Å². The zero-order valence-electron chi connectivity index (χ0n) is 24.0. The molecule has 7 N–H and O–H groups in total. The standard InChI is InChI=1S/C25H44N2O14/c1-9-17(31)10(2)38-25(20(9)35-5)37-8-14-22(18(32)15(23(34)39-14)26-11(3)29)41-24-16(27-12(4)30)19(33)21(36-6)13(7-28)40-24/h9-10,13-25,28,31-34H,7-8H2,1-6H3,(H,26,29)(H,27,30)/t9-,10?,13-,14?,15-,16?,17?,18+,19?,20+,21+,22?,23?,24?,25+/m0/s1. The second-order valence-electron chi connectivity index (χ2n) is 10.6. The number of hydrogen-bond acceptors (Lipinski definition) is 14. The molecule has 16 nitrogen and oxygen atoms in total. The van der Waals surface area contributed by atoms with E-state index in [1.807, 2.05) is 0 Å². The summed E-state index contributed by atoms with van der Waals surface area (Å²) in [5.74, 6) is -1.44.